The molecule has 5 nitrogen and oxygen atoms in total. The van der Waals surface area contributed by atoms with Gasteiger partial charge in [0.15, 0.2) is 0 Å². The molecule has 0 atom stereocenters. The molecule has 0 unspecified atom stereocenters. The molecule has 1 amide bonds. The Labute approximate surface area is 184 Å². The van der Waals surface area contributed by atoms with Crippen molar-refractivity contribution in [1.82, 2.24) is 0 Å². The van der Waals surface area contributed by atoms with E-state index in [0.717, 1.165) is 11.6 Å². The van der Waals surface area contributed by atoms with Crippen LogP contribution in [0.4, 0.5) is 24.5 Å². The second-order valence-corrected chi connectivity index (χ2v) is 8.89. The zero-order valence-corrected chi connectivity index (χ0v) is 17.9. The summed E-state index contributed by atoms with van der Waals surface area (Å²) in [6, 6.07) is 17.6. The van der Waals surface area contributed by atoms with Gasteiger partial charge in [-0.2, -0.15) is 13.2 Å². The van der Waals surface area contributed by atoms with Crippen LogP contribution in [-0.4, -0.2) is 14.3 Å². The van der Waals surface area contributed by atoms with E-state index in [1.54, 1.807) is 36.4 Å². The van der Waals surface area contributed by atoms with Crippen molar-refractivity contribution in [1.29, 1.82) is 0 Å². The molecule has 3 rings (SSSR count). The van der Waals surface area contributed by atoms with Crippen LogP contribution in [0.15, 0.2) is 77.7 Å². The SMILES string of the molecule is Cc1ccc(NS(=O)(=O)c2ccc(CCC(=O)Nc3ccccc3C(F)(F)F)cc2)cc1. The van der Waals surface area contributed by atoms with Gasteiger partial charge in [-0.25, -0.2) is 8.42 Å². The summed E-state index contributed by atoms with van der Waals surface area (Å²) < 4.78 is 66.6. The number of anilines is 2. The fraction of sp³-hybridized carbons (Fsp3) is 0.174. The first-order chi connectivity index (χ1) is 15.0. The number of aryl methyl sites for hydroxylation is 2. The van der Waals surface area contributed by atoms with Gasteiger partial charge in [0.25, 0.3) is 10.0 Å². The first-order valence-electron chi connectivity index (χ1n) is 9.69. The molecule has 0 saturated carbocycles. The van der Waals surface area contributed by atoms with Gasteiger partial charge in [0, 0.05) is 12.1 Å². The number of carbonyl (C=O) groups excluding carboxylic acids is 1. The van der Waals surface area contributed by atoms with Crippen LogP contribution in [0.25, 0.3) is 0 Å². The molecule has 168 valence electrons. The zero-order valence-electron chi connectivity index (χ0n) is 17.1. The number of amides is 1. The van der Waals surface area contributed by atoms with Crippen molar-refractivity contribution in [3.8, 4) is 0 Å². The molecule has 0 spiro atoms. The van der Waals surface area contributed by atoms with E-state index >= 15 is 0 Å². The fourth-order valence-electron chi connectivity index (χ4n) is 2.98. The monoisotopic (exact) mass is 462 g/mol. The number of rotatable bonds is 7. The van der Waals surface area contributed by atoms with Gasteiger partial charge in [-0.15, -0.1) is 0 Å². The van der Waals surface area contributed by atoms with Crippen molar-refractivity contribution in [3.63, 3.8) is 0 Å². The van der Waals surface area contributed by atoms with Crippen molar-refractivity contribution >= 4 is 27.3 Å². The van der Waals surface area contributed by atoms with Crippen molar-refractivity contribution in [3.05, 3.63) is 89.5 Å². The maximum Gasteiger partial charge on any atom is 0.418 e. The third kappa shape index (κ3) is 6.10. The Morgan fingerprint density at radius 3 is 2.16 bits per heavy atom. The van der Waals surface area contributed by atoms with E-state index in [-0.39, 0.29) is 23.4 Å². The summed E-state index contributed by atoms with van der Waals surface area (Å²) in [6.07, 6.45) is -4.39. The fourth-order valence-corrected chi connectivity index (χ4v) is 4.04. The Hall–Kier alpha value is -3.33. The molecular weight excluding hydrogens is 441 g/mol. The van der Waals surface area contributed by atoms with Crippen LogP contribution in [0.2, 0.25) is 0 Å². The summed E-state index contributed by atoms with van der Waals surface area (Å²) >= 11 is 0. The van der Waals surface area contributed by atoms with E-state index in [1.165, 1.54) is 30.3 Å². The lowest BCUT2D eigenvalue weighted by atomic mass is 10.1. The first-order valence-corrected chi connectivity index (χ1v) is 11.2. The molecular formula is C23H21F3N2O3S. The van der Waals surface area contributed by atoms with Gasteiger partial charge in [-0.3, -0.25) is 9.52 Å². The lowest BCUT2D eigenvalue weighted by Gasteiger charge is -2.13. The Kier molecular flexibility index (Phi) is 6.88. The van der Waals surface area contributed by atoms with Crippen molar-refractivity contribution < 1.29 is 26.4 Å². The molecule has 3 aromatic carbocycles. The normalized spacial score (nSPS) is 11.8. The van der Waals surface area contributed by atoms with E-state index in [1.807, 2.05) is 6.92 Å². The van der Waals surface area contributed by atoms with Gasteiger partial charge < -0.3 is 5.32 Å². The smallest absolute Gasteiger partial charge is 0.325 e. The predicted octanol–water partition coefficient (Wildman–Crippen LogP) is 5.39. The zero-order chi connectivity index (χ0) is 23.4. The molecule has 9 heteroatoms. The number of hydrogen-bond donors (Lipinski definition) is 2. The molecule has 0 aliphatic heterocycles. The lowest BCUT2D eigenvalue weighted by molar-refractivity contribution is -0.137. The molecule has 2 N–H and O–H groups in total. The number of para-hydroxylation sites is 1. The number of nitrogens with one attached hydrogen (secondary N) is 2. The predicted molar refractivity (Wildman–Crippen MR) is 117 cm³/mol. The minimum Gasteiger partial charge on any atom is -0.325 e. The molecule has 0 radical (unpaired) electrons. The summed E-state index contributed by atoms with van der Waals surface area (Å²) in [5.41, 5.74) is 0.912. The molecule has 0 heterocycles. The van der Waals surface area contributed by atoms with Gasteiger partial charge in [0.2, 0.25) is 5.91 Å². The third-order valence-corrected chi connectivity index (χ3v) is 6.08. The second-order valence-electron chi connectivity index (χ2n) is 7.21. The highest BCUT2D eigenvalue weighted by molar-refractivity contribution is 7.92. The van der Waals surface area contributed by atoms with Crippen LogP contribution in [0.3, 0.4) is 0 Å². The highest BCUT2D eigenvalue weighted by Crippen LogP contribution is 2.34. The van der Waals surface area contributed by atoms with Gasteiger partial charge in [-0.1, -0.05) is 42.0 Å². The number of hydrogen-bond acceptors (Lipinski definition) is 3. The van der Waals surface area contributed by atoms with E-state index in [2.05, 4.69) is 10.0 Å². The average Bonchev–Trinajstić information content (AvgIpc) is 2.74. The van der Waals surface area contributed by atoms with Gasteiger partial charge in [0.05, 0.1) is 16.1 Å². The standard InChI is InChI=1S/C23H21F3N2O3S/c1-16-6-11-18(12-7-16)28-32(30,31)19-13-8-17(9-14-19)10-15-22(29)27-21-5-3-2-4-20(21)23(24,25)26/h2-9,11-14,28H,10,15H2,1H3,(H,27,29). The Morgan fingerprint density at radius 2 is 1.53 bits per heavy atom. The molecule has 0 aliphatic carbocycles. The first kappa shape index (κ1) is 23.3. The van der Waals surface area contributed by atoms with Crippen LogP contribution in [-0.2, 0) is 27.4 Å². The minimum atomic E-state index is -4.57. The molecule has 0 fully saturated rings. The maximum absolute atomic E-state index is 13.0. The van der Waals surface area contributed by atoms with Gasteiger partial charge >= 0.3 is 6.18 Å². The Morgan fingerprint density at radius 1 is 0.906 bits per heavy atom. The summed E-state index contributed by atoms with van der Waals surface area (Å²) in [6.45, 7) is 1.90. The third-order valence-electron chi connectivity index (χ3n) is 4.68. The number of carbonyl (C=O) groups is 1. The number of benzene rings is 3. The molecule has 32 heavy (non-hydrogen) atoms. The average molecular weight is 462 g/mol. The van der Waals surface area contributed by atoms with Gasteiger partial charge in [-0.05, 0) is 55.3 Å². The van der Waals surface area contributed by atoms with Crippen LogP contribution in [0.1, 0.15) is 23.1 Å². The number of sulfonamides is 1. The van der Waals surface area contributed by atoms with Crippen LogP contribution in [0, 0.1) is 6.92 Å². The molecule has 3 aromatic rings. The lowest BCUT2D eigenvalue weighted by Crippen LogP contribution is -2.17. The highest BCUT2D eigenvalue weighted by atomic mass is 32.2. The minimum absolute atomic E-state index is 0.0557. The van der Waals surface area contributed by atoms with E-state index in [0.29, 0.717) is 11.3 Å². The van der Waals surface area contributed by atoms with E-state index in [4.69, 9.17) is 0 Å². The number of alkyl halides is 3. The maximum atomic E-state index is 13.0. The summed E-state index contributed by atoms with van der Waals surface area (Å²) in [7, 11) is -3.77. The van der Waals surface area contributed by atoms with E-state index < -0.39 is 27.7 Å². The molecule has 0 saturated heterocycles. The van der Waals surface area contributed by atoms with Crippen LogP contribution in [0.5, 0.6) is 0 Å². The van der Waals surface area contributed by atoms with Crippen molar-refractivity contribution in [2.45, 2.75) is 30.8 Å². The highest BCUT2D eigenvalue weighted by Gasteiger charge is 2.33. The molecule has 0 aromatic heterocycles. The molecule has 0 bridgehead atoms. The second kappa shape index (κ2) is 9.44. The van der Waals surface area contributed by atoms with Crippen molar-refractivity contribution in [2.75, 3.05) is 10.0 Å². The van der Waals surface area contributed by atoms with Crippen LogP contribution < -0.4 is 10.0 Å². The quantitative estimate of drug-likeness (QED) is 0.495. The van der Waals surface area contributed by atoms with E-state index in [9.17, 15) is 26.4 Å². The van der Waals surface area contributed by atoms with Crippen molar-refractivity contribution in [2.24, 2.45) is 0 Å². The summed E-state index contributed by atoms with van der Waals surface area (Å²) in [5.74, 6) is -0.570. The summed E-state index contributed by atoms with van der Waals surface area (Å²) in [5, 5.41) is 2.29. The van der Waals surface area contributed by atoms with Gasteiger partial charge in [0.1, 0.15) is 0 Å². The molecule has 0 aliphatic rings. The van der Waals surface area contributed by atoms with Crippen LogP contribution >= 0.6 is 0 Å². The Bertz CT molecular complexity index is 1190. The number of halogens is 3. The topological polar surface area (TPSA) is 75.3 Å². The largest absolute Gasteiger partial charge is 0.418 e. The summed E-state index contributed by atoms with van der Waals surface area (Å²) in [4.78, 5) is 12.2. The Balaban J connectivity index is 1.60.